The van der Waals surface area contributed by atoms with Gasteiger partial charge in [-0.15, -0.1) is 0 Å². The fourth-order valence-electron chi connectivity index (χ4n) is 2.13. The van der Waals surface area contributed by atoms with Gasteiger partial charge in [-0.05, 0) is 41.5 Å². The third-order valence-corrected chi connectivity index (χ3v) is 3.37. The van der Waals surface area contributed by atoms with Crippen molar-refractivity contribution in [2.45, 2.75) is 6.54 Å². The Balaban J connectivity index is 1.55. The molecule has 0 unspecified atom stereocenters. The molecule has 1 heterocycles. The molecule has 0 spiro atoms. The molecule has 0 atom stereocenters. The lowest BCUT2D eigenvalue weighted by Gasteiger charge is -2.02. The topological polar surface area (TPSA) is 71.4 Å². The van der Waals surface area contributed by atoms with Crippen LogP contribution in [0.3, 0.4) is 0 Å². The fourth-order valence-corrected chi connectivity index (χ4v) is 2.13. The van der Waals surface area contributed by atoms with E-state index < -0.39 is 0 Å². The number of benzene rings is 2. The van der Waals surface area contributed by atoms with Crippen LogP contribution in [0.4, 0.5) is 0 Å². The van der Waals surface area contributed by atoms with E-state index in [9.17, 15) is 4.79 Å². The van der Waals surface area contributed by atoms with Crippen molar-refractivity contribution in [2.75, 3.05) is 6.79 Å². The molecule has 0 saturated heterocycles. The van der Waals surface area contributed by atoms with Crippen LogP contribution in [-0.2, 0) is 11.3 Å². The normalized spacial score (nSPS) is 12.1. The van der Waals surface area contributed by atoms with Crippen LogP contribution in [0.1, 0.15) is 16.7 Å². The molecule has 5 heteroatoms. The molecule has 3 rings (SSSR count). The first kappa shape index (κ1) is 14.7. The third kappa shape index (κ3) is 3.69. The number of nitrogens with one attached hydrogen (secondary N) is 1. The van der Waals surface area contributed by atoms with Gasteiger partial charge in [0.25, 0.3) is 0 Å². The number of carbonyl (C=O) groups is 1. The molecule has 23 heavy (non-hydrogen) atoms. The van der Waals surface area contributed by atoms with Crippen LogP contribution in [0.2, 0.25) is 0 Å². The van der Waals surface area contributed by atoms with Crippen molar-refractivity contribution in [2.24, 2.45) is 0 Å². The summed E-state index contributed by atoms with van der Waals surface area (Å²) in [5, 5.41) is 11.5. The number of hydrogen-bond acceptors (Lipinski definition) is 4. The summed E-state index contributed by atoms with van der Waals surface area (Å²) in [4.78, 5) is 11.8. The Kier molecular flexibility index (Phi) is 4.25. The average Bonchev–Trinajstić information content (AvgIpc) is 3.06. The summed E-state index contributed by atoms with van der Waals surface area (Å²) in [5.74, 6) is 1.21. The number of amides is 1. The predicted octanol–water partition coefficient (Wildman–Crippen LogP) is 2.62. The molecular weight excluding hydrogens is 292 g/mol. The Bertz CT molecular complexity index is 789. The molecule has 114 valence electrons. The Morgan fingerprint density at radius 1 is 1.17 bits per heavy atom. The Morgan fingerprint density at radius 2 is 1.96 bits per heavy atom. The van der Waals surface area contributed by atoms with Crippen LogP contribution < -0.4 is 14.8 Å². The van der Waals surface area contributed by atoms with Crippen LogP contribution >= 0.6 is 0 Å². The minimum absolute atomic E-state index is 0.188. The van der Waals surface area contributed by atoms with Crippen molar-refractivity contribution in [1.29, 1.82) is 5.26 Å². The zero-order valence-electron chi connectivity index (χ0n) is 12.3. The van der Waals surface area contributed by atoms with Crippen LogP contribution in [0, 0.1) is 11.3 Å². The van der Waals surface area contributed by atoms with Gasteiger partial charge in [0.15, 0.2) is 11.5 Å². The maximum Gasteiger partial charge on any atom is 0.244 e. The molecule has 0 fully saturated rings. The van der Waals surface area contributed by atoms with Crippen LogP contribution in [0.15, 0.2) is 48.5 Å². The van der Waals surface area contributed by atoms with E-state index in [-0.39, 0.29) is 12.7 Å². The molecule has 0 saturated carbocycles. The minimum Gasteiger partial charge on any atom is -0.454 e. The van der Waals surface area contributed by atoms with Gasteiger partial charge < -0.3 is 14.8 Å². The Hall–Kier alpha value is -3.26. The van der Waals surface area contributed by atoms with Gasteiger partial charge in [0.05, 0.1) is 11.6 Å². The molecule has 2 aromatic rings. The highest BCUT2D eigenvalue weighted by atomic mass is 16.7. The maximum atomic E-state index is 11.8. The molecular formula is C18H14N2O3. The van der Waals surface area contributed by atoms with E-state index in [1.54, 1.807) is 18.2 Å². The summed E-state index contributed by atoms with van der Waals surface area (Å²) in [6, 6.07) is 14.7. The van der Waals surface area contributed by atoms with Gasteiger partial charge in [0.2, 0.25) is 12.7 Å². The maximum absolute atomic E-state index is 11.8. The molecule has 2 aromatic carbocycles. The molecule has 1 aliphatic heterocycles. The first-order valence-corrected chi connectivity index (χ1v) is 7.09. The van der Waals surface area contributed by atoms with Gasteiger partial charge in [-0.2, -0.15) is 5.26 Å². The summed E-state index contributed by atoms with van der Waals surface area (Å²) in [7, 11) is 0. The second kappa shape index (κ2) is 6.67. The first-order chi connectivity index (χ1) is 11.2. The number of ether oxygens (including phenoxy) is 2. The van der Waals surface area contributed by atoms with Gasteiger partial charge in [-0.25, -0.2) is 0 Å². The standard InChI is InChI=1S/C18H14N2O3/c19-10-14-1-3-15(4-2-14)11-20-18(21)8-6-13-5-7-16-17(9-13)23-12-22-16/h1-9H,11-12H2,(H,20,21)/b8-6+. The van der Waals surface area contributed by atoms with Crippen LogP contribution in [-0.4, -0.2) is 12.7 Å². The SMILES string of the molecule is N#Cc1ccc(CNC(=O)/C=C/c2ccc3c(c2)OCO3)cc1. The number of fused-ring (bicyclic) bond motifs is 1. The molecule has 0 aromatic heterocycles. The number of nitriles is 1. The van der Waals surface area contributed by atoms with Crippen molar-refractivity contribution < 1.29 is 14.3 Å². The molecule has 1 aliphatic rings. The summed E-state index contributed by atoms with van der Waals surface area (Å²) < 4.78 is 10.5. The van der Waals surface area contributed by atoms with E-state index in [0.717, 1.165) is 11.1 Å². The van der Waals surface area contributed by atoms with E-state index in [1.165, 1.54) is 6.08 Å². The van der Waals surface area contributed by atoms with Crippen molar-refractivity contribution >= 4 is 12.0 Å². The summed E-state index contributed by atoms with van der Waals surface area (Å²) >= 11 is 0. The Labute approximate surface area is 133 Å². The van der Waals surface area contributed by atoms with Crippen molar-refractivity contribution in [3.05, 3.63) is 65.2 Å². The van der Waals surface area contributed by atoms with E-state index >= 15 is 0 Å². The monoisotopic (exact) mass is 306 g/mol. The molecule has 0 aliphatic carbocycles. The molecule has 1 amide bonds. The Morgan fingerprint density at radius 3 is 2.74 bits per heavy atom. The summed E-state index contributed by atoms with van der Waals surface area (Å²) in [5.41, 5.74) is 2.40. The second-order valence-electron chi connectivity index (χ2n) is 4.97. The van der Waals surface area contributed by atoms with Crippen molar-refractivity contribution in [1.82, 2.24) is 5.32 Å². The number of rotatable bonds is 4. The molecule has 1 N–H and O–H groups in total. The van der Waals surface area contributed by atoms with E-state index in [2.05, 4.69) is 11.4 Å². The van der Waals surface area contributed by atoms with E-state index in [1.807, 2.05) is 30.3 Å². The largest absolute Gasteiger partial charge is 0.454 e. The van der Waals surface area contributed by atoms with E-state index in [0.29, 0.717) is 23.6 Å². The lowest BCUT2D eigenvalue weighted by molar-refractivity contribution is -0.116. The zero-order valence-corrected chi connectivity index (χ0v) is 12.3. The highest BCUT2D eigenvalue weighted by Gasteiger charge is 2.12. The lowest BCUT2D eigenvalue weighted by atomic mass is 10.1. The minimum atomic E-state index is -0.188. The van der Waals surface area contributed by atoms with Crippen LogP contribution in [0.25, 0.3) is 6.08 Å². The molecule has 0 bridgehead atoms. The quantitative estimate of drug-likeness (QED) is 0.881. The molecule has 0 radical (unpaired) electrons. The number of carbonyl (C=O) groups excluding carboxylic acids is 1. The predicted molar refractivity (Wildman–Crippen MR) is 84.6 cm³/mol. The zero-order chi connectivity index (χ0) is 16.1. The fraction of sp³-hybridized carbons (Fsp3) is 0.111. The van der Waals surface area contributed by atoms with Gasteiger partial charge >= 0.3 is 0 Å². The highest BCUT2D eigenvalue weighted by Crippen LogP contribution is 2.32. The lowest BCUT2D eigenvalue weighted by Crippen LogP contribution is -2.20. The first-order valence-electron chi connectivity index (χ1n) is 7.09. The van der Waals surface area contributed by atoms with E-state index in [4.69, 9.17) is 14.7 Å². The smallest absolute Gasteiger partial charge is 0.244 e. The summed E-state index contributed by atoms with van der Waals surface area (Å²) in [6.07, 6.45) is 3.19. The second-order valence-corrected chi connectivity index (χ2v) is 4.97. The van der Waals surface area contributed by atoms with Gasteiger partial charge in [-0.1, -0.05) is 18.2 Å². The van der Waals surface area contributed by atoms with Gasteiger partial charge in [-0.3, -0.25) is 4.79 Å². The van der Waals surface area contributed by atoms with Gasteiger partial charge in [0, 0.05) is 12.6 Å². The highest BCUT2D eigenvalue weighted by molar-refractivity contribution is 5.91. The van der Waals surface area contributed by atoms with Crippen molar-refractivity contribution in [3.8, 4) is 17.6 Å². The summed E-state index contributed by atoms with van der Waals surface area (Å²) in [6.45, 7) is 0.642. The van der Waals surface area contributed by atoms with Crippen LogP contribution in [0.5, 0.6) is 11.5 Å². The molecule has 5 nitrogen and oxygen atoms in total. The average molecular weight is 306 g/mol. The number of nitrogens with zero attached hydrogens (tertiary/aromatic N) is 1. The van der Waals surface area contributed by atoms with Gasteiger partial charge in [0.1, 0.15) is 0 Å². The van der Waals surface area contributed by atoms with Crippen molar-refractivity contribution in [3.63, 3.8) is 0 Å². The third-order valence-electron chi connectivity index (χ3n) is 3.37. The number of hydrogen-bond donors (Lipinski definition) is 1.